The number of rotatable bonds is 6. The molecule has 0 spiro atoms. The van der Waals surface area contributed by atoms with Crippen molar-refractivity contribution in [1.29, 1.82) is 0 Å². The summed E-state index contributed by atoms with van der Waals surface area (Å²) in [6.07, 6.45) is 2.46. The fourth-order valence-electron chi connectivity index (χ4n) is 1.74. The molecule has 0 aliphatic heterocycles. The highest BCUT2D eigenvalue weighted by atomic mass is 35.5. The molecule has 0 saturated heterocycles. The molecule has 22 heavy (non-hydrogen) atoms. The molecule has 2 aromatic rings. The zero-order valence-corrected chi connectivity index (χ0v) is 13.9. The zero-order valence-electron chi connectivity index (χ0n) is 12.4. The Morgan fingerprint density at radius 1 is 1.27 bits per heavy atom. The Balaban J connectivity index is 2.13. The Bertz CT molecular complexity index is 733. The number of benzene rings is 1. The number of anilines is 2. The average molecular weight is 340 g/mol. The summed E-state index contributed by atoms with van der Waals surface area (Å²) in [4.78, 5) is 4.31. The van der Waals surface area contributed by atoms with E-state index in [-0.39, 0.29) is 4.90 Å². The smallest absolute Gasteiger partial charge is 0.261 e. The number of sulfonamides is 1. The maximum Gasteiger partial charge on any atom is 0.261 e. The predicted octanol–water partition coefficient (Wildman–Crippen LogP) is 3.75. The number of nitrogens with one attached hydrogen (secondary N) is 2. The van der Waals surface area contributed by atoms with Crippen molar-refractivity contribution in [1.82, 2.24) is 4.98 Å². The first kappa shape index (κ1) is 16.6. The predicted molar refractivity (Wildman–Crippen MR) is 89.9 cm³/mol. The minimum absolute atomic E-state index is 0.113. The third-order valence-electron chi connectivity index (χ3n) is 3.13. The van der Waals surface area contributed by atoms with E-state index in [1.165, 1.54) is 18.3 Å². The Morgan fingerprint density at radius 3 is 2.64 bits per heavy atom. The van der Waals surface area contributed by atoms with E-state index in [1.807, 2.05) is 0 Å². The van der Waals surface area contributed by atoms with Gasteiger partial charge in [0.15, 0.2) is 0 Å². The van der Waals surface area contributed by atoms with Crippen LogP contribution in [0.15, 0.2) is 47.5 Å². The van der Waals surface area contributed by atoms with Gasteiger partial charge >= 0.3 is 0 Å². The van der Waals surface area contributed by atoms with Gasteiger partial charge in [-0.25, -0.2) is 13.4 Å². The van der Waals surface area contributed by atoms with Gasteiger partial charge in [0.05, 0.1) is 16.8 Å². The van der Waals surface area contributed by atoms with Gasteiger partial charge in [-0.15, -0.1) is 0 Å². The second-order valence-electron chi connectivity index (χ2n) is 4.95. The van der Waals surface area contributed by atoms with Crippen LogP contribution in [0.2, 0.25) is 5.02 Å². The molecule has 0 fully saturated rings. The summed E-state index contributed by atoms with van der Waals surface area (Å²) >= 11 is 5.82. The largest absolute Gasteiger partial charge is 0.368 e. The molecule has 0 bridgehead atoms. The summed E-state index contributed by atoms with van der Waals surface area (Å²) in [6, 6.07) is 9.81. The van der Waals surface area contributed by atoms with Crippen LogP contribution in [0.25, 0.3) is 0 Å². The maximum absolute atomic E-state index is 12.2. The first-order chi connectivity index (χ1) is 10.4. The lowest BCUT2D eigenvalue weighted by atomic mass is 10.2. The molecule has 0 radical (unpaired) electrons. The first-order valence-electron chi connectivity index (χ1n) is 6.91. The summed E-state index contributed by atoms with van der Waals surface area (Å²) in [6.45, 7) is 4.13. The third kappa shape index (κ3) is 4.35. The standard InChI is InChI=1S/C15H18ClN3O2S/c1-3-11(2)18-15-8-7-13(10-17-15)19-22(20,21)14-6-4-5-12(16)9-14/h4-11,19H,3H2,1-2H3,(H,17,18). The van der Waals surface area contributed by atoms with Crippen LogP contribution < -0.4 is 10.0 Å². The number of hydrogen-bond acceptors (Lipinski definition) is 4. The Kier molecular flexibility index (Phi) is 5.26. The van der Waals surface area contributed by atoms with Crippen molar-refractivity contribution in [3.8, 4) is 0 Å². The van der Waals surface area contributed by atoms with Crippen LogP contribution in [0, 0.1) is 0 Å². The van der Waals surface area contributed by atoms with E-state index in [1.54, 1.807) is 24.3 Å². The molecule has 1 aromatic carbocycles. The number of aromatic nitrogens is 1. The topological polar surface area (TPSA) is 71.1 Å². The summed E-state index contributed by atoms with van der Waals surface area (Å²) in [7, 11) is -3.67. The Hall–Kier alpha value is -1.79. The minimum Gasteiger partial charge on any atom is -0.368 e. The second-order valence-corrected chi connectivity index (χ2v) is 7.07. The van der Waals surface area contributed by atoms with Gasteiger partial charge in [0.2, 0.25) is 0 Å². The van der Waals surface area contributed by atoms with E-state index < -0.39 is 10.0 Å². The lowest BCUT2D eigenvalue weighted by Gasteiger charge is -2.13. The van der Waals surface area contributed by atoms with Crippen molar-refractivity contribution >= 4 is 33.1 Å². The van der Waals surface area contributed by atoms with Gasteiger partial charge in [-0.3, -0.25) is 4.72 Å². The molecular weight excluding hydrogens is 322 g/mol. The third-order valence-corrected chi connectivity index (χ3v) is 4.74. The van der Waals surface area contributed by atoms with Crippen LogP contribution in [-0.4, -0.2) is 19.4 Å². The summed E-state index contributed by atoms with van der Waals surface area (Å²) in [5.41, 5.74) is 0.398. The van der Waals surface area contributed by atoms with E-state index >= 15 is 0 Å². The van der Waals surface area contributed by atoms with Gasteiger partial charge < -0.3 is 5.32 Å². The fraction of sp³-hybridized carbons (Fsp3) is 0.267. The second kappa shape index (κ2) is 6.98. The molecule has 2 rings (SSSR count). The first-order valence-corrected chi connectivity index (χ1v) is 8.78. The fourth-order valence-corrected chi connectivity index (χ4v) is 3.09. The van der Waals surface area contributed by atoms with Crippen molar-refractivity contribution in [2.24, 2.45) is 0 Å². The number of pyridine rings is 1. The van der Waals surface area contributed by atoms with Gasteiger partial charge in [0, 0.05) is 11.1 Å². The van der Waals surface area contributed by atoms with Gasteiger partial charge in [0.1, 0.15) is 5.82 Å². The molecule has 1 aromatic heterocycles. The van der Waals surface area contributed by atoms with Gasteiger partial charge in [-0.2, -0.15) is 0 Å². The van der Waals surface area contributed by atoms with Crippen molar-refractivity contribution < 1.29 is 8.42 Å². The lowest BCUT2D eigenvalue weighted by Crippen LogP contribution is -2.15. The molecule has 1 atom stereocenters. The van der Waals surface area contributed by atoms with Crippen LogP contribution >= 0.6 is 11.6 Å². The highest BCUT2D eigenvalue weighted by Crippen LogP contribution is 2.19. The molecule has 0 saturated carbocycles. The molecule has 0 aliphatic carbocycles. The van der Waals surface area contributed by atoms with Crippen molar-refractivity contribution in [2.45, 2.75) is 31.2 Å². The summed E-state index contributed by atoms with van der Waals surface area (Å²) in [5.74, 6) is 0.708. The van der Waals surface area contributed by atoms with E-state index in [0.29, 0.717) is 22.6 Å². The Morgan fingerprint density at radius 2 is 2.05 bits per heavy atom. The van der Waals surface area contributed by atoms with Crippen LogP contribution in [0.4, 0.5) is 11.5 Å². The van der Waals surface area contributed by atoms with Gasteiger partial charge in [0.25, 0.3) is 10.0 Å². The number of halogens is 1. The van der Waals surface area contributed by atoms with Crippen LogP contribution in [-0.2, 0) is 10.0 Å². The van der Waals surface area contributed by atoms with Crippen LogP contribution in [0.1, 0.15) is 20.3 Å². The van der Waals surface area contributed by atoms with E-state index in [4.69, 9.17) is 11.6 Å². The highest BCUT2D eigenvalue weighted by Gasteiger charge is 2.14. The minimum atomic E-state index is -3.67. The summed E-state index contributed by atoms with van der Waals surface area (Å²) in [5, 5.41) is 3.58. The molecule has 2 N–H and O–H groups in total. The summed E-state index contributed by atoms with van der Waals surface area (Å²) < 4.78 is 27.0. The number of hydrogen-bond donors (Lipinski definition) is 2. The molecule has 0 amide bonds. The normalized spacial score (nSPS) is 12.7. The van der Waals surface area contributed by atoms with Gasteiger partial charge in [-0.1, -0.05) is 24.6 Å². The van der Waals surface area contributed by atoms with Crippen molar-refractivity contribution in [2.75, 3.05) is 10.0 Å². The highest BCUT2D eigenvalue weighted by molar-refractivity contribution is 7.92. The van der Waals surface area contributed by atoms with Crippen LogP contribution in [0.3, 0.4) is 0 Å². The molecule has 0 aliphatic rings. The Labute approximate surface area is 135 Å². The van der Waals surface area contributed by atoms with Crippen LogP contribution in [0.5, 0.6) is 0 Å². The molecular formula is C15H18ClN3O2S. The molecule has 5 nitrogen and oxygen atoms in total. The van der Waals surface area contributed by atoms with Gasteiger partial charge in [-0.05, 0) is 43.7 Å². The quantitative estimate of drug-likeness (QED) is 0.840. The molecule has 1 unspecified atom stereocenters. The van der Waals surface area contributed by atoms with Crippen molar-refractivity contribution in [3.63, 3.8) is 0 Å². The number of nitrogens with zero attached hydrogens (tertiary/aromatic N) is 1. The zero-order chi connectivity index (χ0) is 16.2. The maximum atomic E-state index is 12.2. The molecule has 7 heteroatoms. The van der Waals surface area contributed by atoms with Crippen molar-refractivity contribution in [3.05, 3.63) is 47.6 Å². The van der Waals surface area contributed by atoms with E-state index in [9.17, 15) is 8.42 Å². The van der Waals surface area contributed by atoms with E-state index in [0.717, 1.165) is 6.42 Å². The monoisotopic (exact) mass is 339 g/mol. The lowest BCUT2D eigenvalue weighted by molar-refractivity contribution is 0.601. The molecule has 118 valence electrons. The molecule has 1 heterocycles. The SMILES string of the molecule is CCC(C)Nc1ccc(NS(=O)(=O)c2cccc(Cl)c2)cn1. The van der Waals surface area contributed by atoms with E-state index in [2.05, 4.69) is 28.9 Å². The average Bonchev–Trinajstić information content (AvgIpc) is 2.49.